The van der Waals surface area contributed by atoms with Gasteiger partial charge in [-0.3, -0.25) is 14.2 Å². The van der Waals surface area contributed by atoms with Crippen molar-refractivity contribution in [2.75, 3.05) is 19.5 Å². The predicted molar refractivity (Wildman–Crippen MR) is 116 cm³/mol. The lowest BCUT2D eigenvalue weighted by Crippen LogP contribution is -2.44. The molecular weight excluding hydrogens is 444 g/mol. The number of amides is 1. The molecule has 0 aliphatic rings. The summed E-state index contributed by atoms with van der Waals surface area (Å²) in [6.07, 6.45) is 1.94. The summed E-state index contributed by atoms with van der Waals surface area (Å²) >= 11 is 7.29. The van der Waals surface area contributed by atoms with Gasteiger partial charge in [0.1, 0.15) is 12.4 Å². The Hall–Kier alpha value is -2.59. The summed E-state index contributed by atoms with van der Waals surface area (Å²) < 4.78 is 11.4. The number of carbonyl (C=O) groups is 3. The number of nitrogens with zero attached hydrogens (tertiary/aromatic N) is 3. The first-order chi connectivity index (χ1) is 14.7. The lowest BCUT2D eigenvalue weighted by Gasteiger charge is -2.18. The van der Waals surface area contributed by atoms with Crippen molar-refractivity contribution in [2.45, 2.75) is 38.4 Å². The molecule has 1 N–H and O–H groups in total. The van der Waals surface area contributed by atoms with Crippen LogP contribution in [-0.4, -0.2) is 58.1 Å². The van der Waals surface area contributed by atoms with Crippen molar-refractivity contribution in [3.8, 4) is 5.69 Å². The molecule has 9 nitrogen and oxygen atoms in total. The Labute approximate surface area is 189 Å². The first-order valence-corrected chi connectivity index (χ1v) is 10.9. The number of hydrogen-bond acceptors (Lipinski definition) is 8. The van der Waals surface area contributed by atoms with E-state index in [1.165, 1.54) is 13.4 Å². The topological polar surface area (TPSA) is 112 Å². The minimum absolute atomic E-state index is 0.0714. The SMILES string of the molecule is COC(=O)C(CC(C)C)NC(=O)COC(=O)CSc1nncn1-c1ccc(C)c(Cl)c1. The van der Waals surface area contributed by atoms with Gasteiger partial charge in [-0.2, -0.15) is 0 Å². The van der Waals surface area contributed by atoms with E-state index in [0.717, 1.165) is 23.0 Å². The van der Waals surface area contributed by atoms with Crippen molar-refractivity contribution < 1.29 is 23.9 Å². The zero-order valence-electron chi connectivity index (χ0n) is 17.8. The molecule has 0 aliphatic carbocycles. The number of methoxy groups -OCH3 is 1. The number of hydrogen-bond donors (Lipinski definition) is 1. The molecule has 0 saturated carbocycles. The van der Waals surface area contributed by atoms with E-state index >= 15 is 0 Å². The van der Waals surface area contributed by atoms with E-state index < -0.39 is 30.5 Å². The molecule has 31 heavy (non-hydrogen) atoms. The van der Waals surface area contributed by atoms with Crippen molar-refractivity contribution in [3.63, 3.8) is 0 Å². The number of thioether (sulfide) groups is 1. The molecule has 0 spiro atoms. The van der Waals surface area contributed by atoms with Gasteiger partial charge in [0.25, 0.3) is 5.91 Å². The van der Waals surface area contributed by atoms with Gasteiger partial charge in [-0.1, -0.05) is 43.3 Å². The van der Waals surface area contributed by atoms with Crippen molar-refractivity contribution in [1.82, 2.24) is 20.1 Å². The van der Waals surface area contributed by atoms with Gasteiger partial charge in [-0.25, -0.2) is 4.79 Å². The fourth-order valence-corrected chi connectivity index (χ4v) is 3.51. The van der Waals surface area contributed by atoms with Gasteiger partial charge in [0.2, 0.25) is 0 Å². The van der Waals surface area contributed by atoms with E-state index in [0.29, 0.717) is 16.6 Å². The summed E-state index contributed by atoms with van der Waals surface area (Å²) in [5.41, 5.74) is 1.70. The van der Waals surface area contributed by atoms with Crippen molar-refractivity contribution >= 4 is 41.2 Å². The molecule has 0 fully saturated rings. The summed E-state index contributed by atoms with van der Waals surface area (Å²) in [5, 5.41) is 11.5. The Morgan fingerprint density at radius 1 is 1.29 bits per heavy atom. The van der Waals surface area contributed by atoms with E-state index in [9.17, 15) is 14.4 Å². The molecule has 2 rings (SSSR count). The summed E-state index contributed by atoms with van der Waals surface area (Å²) in [5.74, 6) is -1.62. The molecule has 2 aromatic rings. The number of halogens is 1. The number of ether oxygens (including phenoxy) is 2. The highest BCUT2D eigenvalue weighted by Gasteiger charge is 2.23. The van der Waals surface area contributed by atoms with Crippen LogP contribution in [0.3, 0.4) is 0 Å². The quantitative estimate of drug-likeness (QED) is 0.418. The lowest BCUT2D eigenvalue weighted by molar-refractivity contribution is -0.149. The number of aromatic nitrogens is 3. The average molecular weight is 469 g/mol. The fraction of sp³-hybridized carbons (Fsp3) is 0.450. The number of rotatable bonds is 10. The maximum absolute atomic E-state index is 12.0. The average Bonchev–Trinajstić information content (AvgIpc) is 3.20. The Bertz CT molecular complexity index is 934. The third kappa shape index (κ3) is 7.55. The fourth-order valence-electron chi connectivity index (χ4n) is 2.61. The summed E-state index contributed by atoms with van der Waals surface area (Å²) in [6.45, 7) is 5.24. The maximum Gasteiger partial charge on any atom is 0.328 e. The van der Waals surface area contributed by atoms with Gasteiger partial charge >= 0.3 is 11.9 Å². The minimum atomic E-state index is -0.787. The number of aryl methyl sites for hydroxylation is 1. The maximum atomic E-state index is 12.0. The summed E-state index contributed by atoms with van der Waals surface area (Å²) in [7, 11) is 1.25. The smallest absolute Gasteiger partial charge is 0.328 e. The largest absolute Gasteiger partial charge is 0.467 e. The number of benzene rings is 1. The third-order valence-electron chi connectivity index (χ3n) is 4.16. The summed E-state index contributed by atoms with van der Waals surface area (Å²) in [4.78, 5) is 35.9. The lowest BCUT2D eigenvalue weighted by atomic mass is 10.0. The van der Waals surface area contributed by atoms with Crippen LogP contribution in [0.1, 0.15) is 25.8 Å². The minimum Gasteiger partial charge on any atom is -0.467 e. The van der Waals surface area contributed by atoms with Crippen LogP contribution < -0.4 is 5.32 Å². The van der Waals surface area contributed by atoms with Crippen LogP contribution in [-0.2, 0) is 23.9 Å². The molecule has 168 valence electrons. The molecule has 1 unspecified atom stereocenters. The molecule has 1 heterocycles. The van der Waals surface area contributed by atoms with Crippen LogP contribution in [0.15, 0.2) is 29.7 Å². The normalized spacial score (nSPS) is 11.8. The van der Waals surface area contributed by atoms with Crippen LogP contribution in [0.2, 0.25) is 5.02 Å². The third-order valence-corrected chi connectivity index (χ3v) is 5.49. The Balaban J connectivity index is 1.86. The van der Waals surface area contributed by atoms with E-state index in [1.807, 2.05) is 32.9 Å². The Morgan fingerprint density at radius 2 is 2.03 bits per heavy atom. The molecule has 0 aliphatic heterocycles. The Kier molecular flexibility index (Phi) is 9.32. The number of esters is 2. The van der Waals surface area contributed by atoms with E-state index in [4.69, 9.17) is 21.1 Å². The molecule has 1 atom stereocenters. The highest BCUT2D eigenvalue weighted by atomic mass is 35.5. The molecule has 11 heteroatoms. The zero-order valence-corrected chi connectivity index (χ0v) is 19.3. The number of carbonyl (C=O) groups excluding carboxylic acids is 3. The Morgan fingerprint density at radius 3 is 2.68 bits per heavy atom. The van der Waals surface area contributed by atoms with Gasteiger partial charge in [0, 0.05) is 5.02 Å². The van der Waals surface area contributed by atoms with Gasteiger partial charge in [0.05, 0.1) is 18.6 Å². The molecular formula is C20H25ClN4O5S. The summed E-state index contributed by atoms with van der Waals surface area (Å²) in [6, 6.07) is 4.74. The van der Waals surface area contributed by atoms with E-state index in [-0.39, 0.29) is 11.7 Å². The van der Waals surface area contributed by atoms with Gasteiger partial charge in [-0.15, -0.1) is 10.2 Å². The molecule has 1 amide bonds. The highest BCUT2D eigenvalue weighted by molar-refractivity contribution is 7.99. The van der Waals surface area contributed by atoms with Crippen LogP contribution in [0.5, 0.6) is 0 Å². The highest BCUT2D eigenvalue weighted by Crippen LogP contribution is 2.23. The zero-order chi connectivity index (χ0) is 23.0. The van der Waals surface area contributed by atoms with Gasteiger partial charge in [-0.05, 0) is 37.0 Å². The monoisotopic (exact) mass is 468 g/mol. The van der Waals surface area contributed by atoms with Crippen LogP contribution in [0.25, 0.3) is 5.69 Å². The van der Waals surface area contributed by atoms with Crippen LogP contribution in [0, 0.1) is 12.8 Å². The van der Waals surface area contributed by atoms with Gasteiger partial charge < -0.3 is 14.8 Å². The first-order valence-electron chi connectivity index (χ1n) is 9.53. The van der Waals surface area contributed by atoms with Crippen molar-refractivity contribution in [1.29, 1.82) is 0 Å². The molecule has 1 aromatic carbocycles. The van der Waals surface area contributed by atoms with E-state index in [1.54, 1.807) is 10.6 Å². The van der Waals surface area contributed by atoms with E-state index in [2.05, 4.69) is 15.5 Å². The molecule has 0 saturated heterocycles. The number of nitrogens with one attached hydrogen (secondary N) is 1. The molecule has 0 radical (unpaired) electrons. The molecule has 0 bridgehead atoms. The second-order valence-electron chi connectivity index (χ2n) is 7.14. The van der Waals surface area contributed by atoms with Crippen LogP contribution in [0.4, 0.5) is 0 Å². The standard InChI is InChI=1S/C20H25ClN4O5S/c1-12(2)7-16(19(28)29-4)23-17(26)9-30-18(27)10-31-20-24-22-11-25(20)14-6-5-13(3)15(21)8-14/h5-6,8,11-12,16H,7,9-10H2,1-4H3,(H,23,26). The van der Waals surface area contributed by atoms with Crippen LogP contribution >= 0.6 is 23.4 Å². The predicted octanol–water partition coefficient (Wildman–Crippen LogP) is 2.57. The second-order valence-corrected chi connectivity index (χ2v) is 8.49. The second kappa shape index (κ2) is 11.7. The molecule has 1 aromatic heterocycles. The van der Waals surface area contributed by atoms with Crippen molar-refractivity contribution in [2.24, 2.45) is 5.92 Å². The van der Waals surface area contributed by atoms with Crippen molar-refractivity contribution in [3.05, 3.63) is 35.1 Å². The van der Waals surface area contributed by atoms with Gasteiger partial charge in [0.15, 0.2) is 11.8 Å². The first kappa shape index (κ1) is 24.7.